The molecule has 0 bridgehead atoms. The molecule has 0 fully saturated rings. The summed E-state index contributed by atoms with van der Waals surface area (Å²) in [5, 5.41) is 0.715. The van der Waals surface area contributed by atoms with E-state index in [0.29, 0.717) is 18.4 Å². The molecule has 1 rings (SSSR count). The molecule has 1 aromatic rings. The molecule has 0 aliphatic heterocycles. The summed E-state index contributed by atoms with van der Waals surface area (Å²) in [4.78, 5) is 4.15. The van der Waals surface area contributed by atoms with Crippen molar-refractivity contribution in [3.8, 4) is 0 Å². The third-order valence-electron chi connectivity index (χ3n) is 1.29. The van der Waals surface area contributed by atoms with Crippen molar-refractivity contribution < 1.29 is 9.15 Å². The highest BCUT2D eigenvalue weighted by Crippen LogP contribution is 2.15. The van der Waals surface area contributed by atoms with Gasteiger partial charge in [-0.25, -0.2) is 4.98 Å². The summed E-state index contributed by atoms with van der Waals surface area (Å²) >= 11 is 5.60. The van der Waals surface area contributed by atoms with Crippen molar-refractivity contribution >= 4 is 24.4 Å². The van der Waals surface area contributed by atoms with Gasteiger partial charge in [0.25, 0.3) is 5.22 Å². The van der Waals surface area contributed by atoms with E-state index in [0.717, 1.165) is 17.2 Å². The average molecular weight is 219 g/mol. The predicted octanol–water partition coefficient (Wildman–Crippen LogP) is 2.02. The lowest BCUT2D eigenvalue weighted by Gasteiger charge is -1.98. The minimum absolute atomic E-state index is 0.703. The summed E-state index contributed by atoms with van der Waals surface area (Å²) in [5.74, 6) is 1.64. The van der Waals surface area contributed by atoms with Gasteiger partial charge < -0.3 is 9.15 Å². The summed E-state index contributed by atoms with van der Waals surface area (Å²) in [6.07, 6.45) is 1.65. The molecule has 0 saturated carbocycles. The van der Waals surface area contributed by atoms with Gasteiger partial charge in [0.1, 0.15) is 6.26 Å². The van der Waals surface area contributed by atoms with E-state index in [1.165, 1.54) is 0 Å². The van der Waals surface area contributed by atoms with Crippen molar-refractivity contribution in [1.82, 2.24) is 4.98 Å². The van der Waals surface area contributed by atoms with Crippen molar-refractivity contribution in [2.24, 2.45) is 0 Å². The Hall–Kier alpha value is -0.130. The first-order valence-electron chi connectivity index (χ1n) is 4.06. The molecule has 5 heteroatoms. The highest BCUT2D eigenvalue weighted by molar-refractivity contribution is 7.99. The summed E-state index contributed by atoms with van der Waals surface area (Å²) in [6.45, 7) is 3.33. The fourth-order valence-electron chi connectivity index (χ4n) is 0.753. The van der Waals surface area contributed by atoms with Gasteiger partial charge in [-0.3, -0.25) is 0 Å². The van der Waals surface area contributed by atoms with Gasteiger partial charge in [-0.05, 0) is 6.92 Å². The zero-order valence-electron chi connectivity index (χ0n) is 7.52. The lowest BCUT2D eigenvalue weighted by Crippen LogP contribution is -1.99. The second kappa shape index (κ2) is 6.34. The molecule has 74 valence electrons. The van der Waals surface area contributed by atoms with Gasteiger partial charge in [-0.1, -0.05) is 11.8 Å². The van der Waals surface area contributed by atoms with Gasteiger partial charge >= 0.3 is 0 Å². The van der Waals surface area contributed by atoms with E-state index in [4.69, 9.17) is 9.15 Å². The largest absolute Gasteiger partial charge is 0.440 e. The van der Waals surface area contributed by atoms with Crippen LogP contribution in [0, 0.1) is 6.92 Å². The highest BCUT2D eigenvalue weighted by Gasteiger charge is 2.00. The van der Waals surface area contributed by atoms with Crippen LogP contribution in [-0.4, -0.2) is 29.7 Å². The number of rotatable bonds is 6. The Morgan fingerprint density at radius 3 is 3.08 bits per heavy atom. The molecule has 0 unspecified atom stereocenters. The molecular weight excluding hydrogens is 206 g/mol. The number of thioether (sulfide) groups is 1. The minimum Gasteiger partial charge on any atom is -0.440 e. The number of oxazole rings is 1. The van der Waals surface area contributed by atoms with E-state index in [2.05, 4.69) is 17.6 Å². The number of nitrogens with zero attached hydrogens (tertiary/aromatic N) is 1. The zero-order chi connectivity index (χ0) is 9.52. The van der Waals surface area contributed by atoms with Crippen LogP contribution >= 0.6 is 24.4 Å². The summed E-state index contributed by atoms with van der Waals surface area (Å²) < 4.78 is 10.4. The van der Waals surface area contributed by atoms with Gasteiger partial charge in [-0.15, -0.1) is 0 Å². The highest BCUT2D eigenvalue weighted by atomic mass is 32.2. The van der Waals surface area contributed by atoms with Crippen molar-refractivity contribution in [2.75, 3.05) is 24.7 Å². The van der Waals surface area contributed by atoms with Crippen molar-refractivity contribution in [1.29, 1.82) is 0 Å². The van der Waals surface area contributed by atoms with Gasteiger partial charge in [0, 0.05) is 11.5 Å². The van der Waals surface area contributed by atoms with E-state index >= 15 is 0 Å². The lowest BCUT2D eigenvalue weighted by atomic mass is 10.6. The maximum atomic E-state index is 5.24. The maximum absolute atomic E-state index is 5.24. The molecule has 0 spiro atoms. The fourth-order valence-corrected chi connectivity index (χ4v) is 1.58. The third kappa shape index (κ3) is 4.59. The molecule has 13 heavy (non-hydrogen) atoms. The Balaban J connectivity index is 2.06. The Morgan fingerprint density at radius 1 is 1.62 bits per heavy atom. The topological polar surface area (TPSA) is 35.3 Å². The van der Waals surface area contributed by atoms with Gasteiger partial charge in [-0.2, -0.15) is 12.6 Å². The van der Waals surface area contributed by atoms with Gasteiger partial charge in [0.05, 0.1) is 18.9 Å². The van der Waals surface area contributed by atoms with Crippen LogP contribution in [0.3, 0.4) is 0 Å². The standard InChI is InChI=1S/C8H13NO2S2/c1-7-6-11-8(9-7)13-5-3-10-2-4-12/h6,12H,2-5H2,1H3. The molecule has 3 nitrogen and oxygen atoms in total. The average Bonchev–Trinajstić information content (AvgIpc) is 2.51. The van der Waals surface area contributed by atoms with Crippen LogP contribution < -0.4 is 0 Å². The monoisotopic (exact) mass is 219 g/mol. The summed E-state index contributed by atoms with van der Waals surface area (Å²) in [7, 11) is 0. The number of aryl methyl sites for hydroxylation is 1. The van der Waals surface area contributed by atoms with Crippen LogP contribution in [0.5, 0.6) is 0 Å². The third-order valence-corrected chi connectivity index (χ3v) is 2.27. The fraction of sp³-hybridized carbons (Fsp3) is 0.625. The molecule has 0 aliphatic carbocycles. The smallest absolute Gasteiger partial charge is 0.255 e. The molecule has 0 aromatic carbocycles. The van der Waals surface area contributed by atoms with E-state index in [1.807, 2.05) is 6.92 Å². The Labute approximate surface area is 87.7 Å². The van der Waals surface area contributed by atoms with Crippen LogP contribution in [0.15, 0.2) is 15.9 Å². The van der Waals surface area contributed by atoms with Crippen LogP contribution in [0.4, 0.5) is 0 Å². The maximum Gasteiger partial charge on any atom is 0.255 e. The normalized spacial score (nSPS) is 10.6. The molecular formula is C8H13NO2S2. The van der Waals surface area contributed by atoms with E-state index in [-0.39, 0.29) is 0 Å². The summed E-state index contributed by atoms with van der Waals surface area (Å²) in [6, 6.07) is 0. The summed E-state index contributed by atoms with van der Waals surface area (Å²) in [5.41, 5.74) is 0.916. The number of aromatic nitrogens is 1. The first-order chi connectivity index (χ1) is 6.33. The molecule has 0 radical (unpaired) electrons. The van der Waals surface area contributed by atoms with Crippen LogP contribution in [-0.2, 0) is 4.74 Å². The molecule has 1 heterocycles. The number of hydrogen-bond acceptors (Lipinski definition) is 5. The second-order valence-electron chi connectivity index (χ2n) is 2.44. The van der Waals surface area contributed by atoms with E-state index in [9.17, 15) is 0 Å². The number of thiol groups is 1. The zero-order valence-corrected chi connectivity index (χ0v) is 9.24. The first kappa shape index (κ1) is 10.9. The molecule has 0 N–H and O–H groups in total. The first-order valence-corrected chi connectivity index (χ1v) is 5.68. The van der Waals surface area contributed by atoms with Crippen molar-refractivity contribution in [3.05, 3.63) is 12.0 Å². The number of hydrogen-bond donors (Lipinski definition) is 1. The van der Waals surface area contributed by atoms with Crippen LogP contribution in [0.25, 0.3) is 0 Å². The minimum atomic E-state index is 0.703. The molecule has 0 saturated heterocycles. The van der Waals surface area contributed by atoms with Gasteiger partial charge in [0.2, 0.25) is 0 Å². The Kier molecular flexibility index (Phi) is 5.34. The molecule has 0 amide bonds. The predicted molar refractivity (Wildman–Crippen MR) is 56.6 cm³/mol. The van der Waals surface area contributed by atoms with E-state index in [1.54, 1.807) is 18.0 Å². The Bertz CT molecular complexity index is 240. The second-order valence-corrected chi connectivity index (χ2v) is 3.93. The Morgan fingerprint density at radius 2 is 2.46 bits per heavy atom. The SMILES string of the molecule is Cc1coc(SCCOCCS)n1. The van der Waals surface area contributed by atoms with Crippen LogP contribution in [0.1, 0.15) is 5.69 Å². The van der Waals surface area contributed by atoms with Crippen molar-refractivity contribution in [3.63, 3.8) is 0 Å². The van der Waals surface area contributed by atoms with Crippen LogP contribution in [0.2, 0.25) is 0 Å². The molecule has 0 aliphatic rings. The molecule has 0 atom stereocenters. The quantitative estimate of drug-likeness (QED) is 0.451. The van der Waals surface area contributed by atoms with Gasteiger partial charge in [0.15, 0.2) is 0 Å². The van der Waals surface area contributed by atoms with Crippen molar-refractivity contribution in [2.45, 2.75) is 12.1 Å². The number of ether oxygens (including phenoxy) is 1. The lowest BCUT2D eigenvalue weighted by molar-refractivity contribution is 0.167. The molecule has 1 aromatic heterocycles. The van der Waals surface area contributed by atoms with E-state index < -0.39 is 0 Å².